The third-order valence-electron chi connectivity index (χ3n) is 5.37. The van der Waals surface area contributed by atoms with E-state index in [1.54, 1.807) is 0 Å². The van der Waals surface area contributed by atoms with Gasteiger partial charge in [-0.3, -0.25) is 10.1 Å². The zero-order chi connectivity index (χ0) is 24.7. The lowest BCUT2D eigenvalue weighted by Gasteiger charge is -2.21. The number of aromatic nitrogens is 1. The lowest BCUT2D eigenvalue weighted by molar-refractivity contribution is 0.102. The van der Waals surface area contributed by atoms with Gasteiger partial charge in [0, 0.05) is 43.8 Å². The number of carbonyl (C=O) groups excluding carboxylic acids is 1. The Morgan fingerprint density at radius 1 is 1.00 bits per heavy atom. The lowest BCUT2D eigenvalue weighted by Crippen LogP contribution is -2.36. The summed E-state index contributed by atoms with van der Waals surface area (Å²) in [6.45, 7) is 5.04. The molecule has 0 spiro atoms. The number of methoxy groups -OCH3 is 2. The molecule has 1 amide bonds. The lowest BCUT2D eigenvalue weighted by atomic mass is 10.1. The fourth-order valence-corrected chi connectivity index (χ4v) is 5.32. The van der Waals surface area contributed by atoms with Crippen molar-refractivity contribution < 1.29 is 22.7 Å². The zero-order valence-electron chi connectivity index (χ0n) is 19.7. The van der Waals surface area contributed by atoms with Gasteiger partial charge in [0.1, 0.15) is 0 Å². The van der Waals surface area contributed by atoms with E-state index in [0.717, 1.165) is 11.3 Å². The number of ether oxygens (including phenoxy) is 2. The van der Waals surface area contributed by atoms with Crippen molar-refractivity contribution >= 4 is 32.4 Å². The van der Waals surface area contributed by atoms with E-state index in [2.05, 4.69) is 23.3 Å². The average molecular weight is 504 g/mol. The van der Waals surface area contributed by atoms with Crippen molar-refractivity contribution in [1.82, 2.24) is 9.29 Å². The van der Waals surface area contributed by atoms with Crippen molar-refractivity contribution in [3.63, 3.8) is 0 Å². The minimum Gasteiger partial charge on any atom is -0.383 e. The molecule has 3 rings (SSSR count). The Morgan fingerprint density at radius 2 is 1.65 bits per heavy atom. The van der Waals surface area contributed by atoms with Crippen molar-refractivity contribution in [1.29, 1.82) is 0 Å². The molecule has 0 aliphatic carbocycles. The second-order valence-corrected chi connectivity index (χ2v) is 10.5. The van der Waals surface area contributed by atoms with Crippen molar-refractivity contribution in [2.45, 2.75) is 18.7 Å². The van der Waals surface area contributed by atoms with Crippen LogP contribution in [-0.2, 0) is 19.5 Å². The Labute approximate surface area is 204 Å². The van der Waals surface area contributed by atoms with Crippen LogP contribution >= 0.6 is 11.3 Å². The highest BCUT2D eigenvalue weighted by atomic mass is 32.2. The van der Waals surface area contributed by atoms with Gasteiger partial charge in [0.25, 0.3) is 5.91 Å². The summed E-state index contributed by atoms with van der Waals surface area (Å²) in [7, 11) is -0.718. The van der Waals surface area contributed by atoms with E-state index in [9.17, 15) is 13.2 Å². The third kappa shape index (κ3) is 6.28. The van der Waals surface area contributed by atoms with Gasteiger partial charge in [-0.15, -0.1) is 11.3 Å². The minimum absolute atomic E-state index is 0.0996. The molecule has 0 radical (unpaired) electrons. The van der Waals surface area contributed by atoms with Gasteiger partial charge in [0.2, 0.25) is 10.0 Å². The second-order valence-electron chi connectivity index (χ2n) is 7.71. The number of carbonyl (C=O) groups is 1. The molecule has 1 aromatic heterocycles. The number of hydrogen-bond donors (Lipinski definition) is 1. The summed E-state index contributed by atoms with van der Waals surface area (Å²) in [6, 6.07) is 12.0. The Morgan fingerprint density at radius 3 is 2.24 bits per heavy atom. The molecule has 8 nitrogen and oxygen atoms in total. The fourth-order valence-electron chi connectivity index (χ4n) is 3.20. The van der Waals surface area contributed by atoms with Crippen LogP contribution in [0.15, 0.2) is 52.7 Å². The SMILES string of the molecule is COCCN(CCOC)S(=O)(=O)c1ccc(C(=O)Nc2nc(-c3ccc(C)c(C)c3)cs2)cc1. The summed E-state index contributed by atoms with van der Waals surface area (Å²) >= 11 is 1.33. The van der Waals surface area contributed by atoms with Gasteiger partial charge in [-0.05, 0) is 55.3 Å². The van der Waals surface area contributed by atoms with Crippen LogP contribution < -0.4 is 5.32 Å². The monoisotopic (exact) mass is 503 g/mol. The summed E-state index contributed by atoms with van der Waals surface area (Å²) < 4.78 is 37.4. The van der Waals surface area contributed by atoms with Gasteiger partial charge in [-0.1, -0.05) is 12.1 Å². The standard InChI is InChI=1S/C24H29N3O5S2/c1-17-5-6-20(15-18(17)2)22-16-33-24(25-22)26-23(28)19-7-9-21(10-8-19)34(29,30)27(11-13-31-3)12-14-32-4/h5-10,15-16H,11-14H2,1-4H3,(H,25,26,28). The highest BCUT2D eigenvalue weighted by Gasteiger charge is 2.24. The van der Waals surface area contributed by atoms with Crippen LogP contribution in [-0.4, -0.2) is 64.1 Å². The molecule has 0 unspecified atom stereocenters. The summed E-state index contributed by atoms with van der Waals surface area (Å²) in [5.41, 5.74) is 4.49. The highest BCUT2D eigenvalue weighted by Crippen LogP contribution is 2.27. The molecule has 2 aromatic carbocycles. The predicted molar refractivity (Wildman–Crippen MR) is 134 cm³/mol. The summed E-state index contributed by atoms with van der Waals surface area (Å²) in [5.74, 6) is -0.361. The Bertz CT molecular complexity index is 1220. The molecule has 0 aliphatic heterocycles. The van der Waals surface area contributed by atoms with E-state index in [-0.39, 0.29) is 37.1 Å². The van der Waals surface area contributed by atoms with Crippen LogP contribution in [0.5, 0.6) is 0 Å². The van der Waals surface area contributed by atoms with Gasteiger partial charge < -0.3 is 9.47 Å². The van der Waals surface area contributed by atoms with Crippen LogP contribution in [0, 0.1) is 13.8 Å². The second kappa shape index (κ2) is 11.7. The molecule has 3 aromatic rings. The molecule has 1 heterocycles. The quantitative estimate of drug-likeness (QED) is 0.425. The van der Waals surface area contributed by atoms with Gasteiger partial charge in [0.15, 0.2) is 5.13 Å². The van der Waals surface area contributed by atoms with Crippen LogP contribution in [0.4, 0.5) is 5.13 Å². The zero-order valence-corrected chi connectivity index (χ0v) is 21.3. The average Bonchev–Trinajstić information content (AvgIpc) is 3.29. The van der Waals surface area contributed by atoms with E-state index in [4.69, 9.17) is 9.47 Å². The number of thiazole rings is 1. The van der Waals surface area contributed by atoms with Crippen molar-refractivity contribution in [3.05, 3.63) is 64.5 Å². The first-order valence-corrected chi connectivity index (χ1v) is 13.0. The maximum Gasteiger partial charge on any atom is 0.257 e. The number of hydrogen-bond acceptors (Lipinski definition) is 7. The number of rotatable bonds is 11. The van der Waals surface area contributed by atoms with Crippen molar-refractivity contribution in [2.75, 3.05) is 45.8 Å². The first-order chi connectivity index (χ1) is 16.3. The van der Waals surface area contributed by atoms with Gasteiger partial charge in [0.05, 0.1) is 23.8 Å². The van der Waals surface area contributed by atoms with E-state index in [1.807, 2.05) is 24.4 Å². The first kappa shape index (κ1) is 26.0. The van der Waals surface area contributed by atoms with Gasteiger partial charge in [-0.25, -0.2) is 13.4 Å². The minimum atomic E-state index is -3.75. The molecule has 0 atom stereocenters. The van der Waals surface area contributed by atoms with E-state index < -0.39 is 10.0 Å². The van der Waals surface area contributed by atoms with Gasteiger partial charge in [-0.2, -0.15) is 4.31 Å². The molecule has 182 valence electrons. The number of nitrogens with zero attached hydrogens (tertiary/aromatic N) is 2. The number of benzene rings is 2. The Hall–Kier alpha value is -2.63. The molecule has 0 saturated carbocycles. The van der Waals surface area contributed by atoms with E-state index in [0.29, 0.717) is 10.7 Å². The van der Waals surface area contributed by atoms with E-state index in [1.165, 1.54) is 65.3 Å². The smallest absolute Gasteiger partial charge is 0.257 e. The summed E-state index contributed by atoms with van der Waals surface area (Å²) in [5, 5.41) is 5.15. The number of sulfonamides is 1. The number of nitrogens with one attached hydrogen (secondary N) is 1. The molecule has 0 fully saturated rings. The van der Waals surface area contributed by atoms with E-state index >= 15 is 0 Å². The number of anilines is 1. The number of amides is 1. The molecule has 1 N–H and O–H groups in total. The molecule has 0 saturated heterocycles. The van der Waals surface area contributed by atoms with Crippen molar-refractivity contribution in [2.24, 2.45) is 0 Å². The van der Waals surface area contributed by atoms with Gasteiger partial charge >= 0.3 is 0 Å². The first-order valence-electron chi connectivity index (χ1n) is 10.7. The maximum atomic E-state index is 13.0. The Kier molecular flexibility index (Phi) is 8.92. The van der Waals surface area contributed by atoms with Crippen molar-refractivity contribution in [3.8, 4) is 11.3 Å². The van der Waals surface area contributed by atoms with Crippen LogP contribution in [0.1, 0.15) is 21.5 Å². The van der Waals surface area contributed by atoms with Crippen LogP contribution in [0.2, 0.25) is 0 Å². The molecule has 0 aliphatic rings. The predicted octanol–water partition coefficient (Wildman–Crippen LogP) is 3.96. The largest absolute Gasteiger partial charge is 0.383 e. The molecule has 10 heteroatoms. The normalized spacial score (nSPS) is 11.7. The summed E-state index contributed by atoms with van der Waals surface area (Å²) in [6.07, 6.45) is 0. The third-order valence-corrected chi connectivity index (χ3v) is 8.04. The molecular weight excluding hydrogens is 474 g/mol. The maximum absolute atomic E-state index is 13.0. The topological polar surface area (TPSA) is 97.8 Å². The van der Waals surface area contributed by atoms with Crippen LogP contribution in [0.25, 0.3) is 11.3 Å². The highest BCUT2D eigenvalue weighted by molar-refractivity contribution is 7.89. The Balaban J connectivity index is 1.71. The molecular formula is C24H29N3O5S2. The molecule has 34 heavy (non-hydrogen) atoms. The van der Waals surface area contributed by atoms with Crippen LogP contribution in [0.3, 0.4) is 0 Å². The summed E-state index contributed by atoms with van der Waals surface area (Å²) in [4.78, 5) is 17.3. The number of aryl methyl sites for hydroxylation is 2. The fraction of sp³-hybridized carbons (Fsp3) is 0.333. The molecule has 0 bridgehead atoms.